The predicted molar refractivity (Wildman–Crippen MR) is 114 cm³/mol. The third-order valence-corrected chi connectivity index (χ3v) is 5.07. The van der Waals surface area contributed by atoms with Gasteiger partial charge in [0.15, 0.2) is 5.96 Å². The summed E-state index contributed by atoms with van der Waals surface area (Å²) < 4.78 is 5.56. The van der Waals surface area contributed by atoms with Crippen LogP contribution in [0.4, 0.5) is 0 Å². The van der Waals surface area contributed by atoms with E-state index < -0.39 is 0 Å². The molecule has 1 fully saturated rings. The molecule has 1 unspecified atom stereocenters. The average molecular weight is 458 g/mol. The lowest BCUT2D eigenvalue weighted by atomic mass is 10.1. The Hall–Kier alpha value is -1.02. The SMILES string of the molecule is CN=C(NCCc1ccc2c(c1)CCO2)NCC(C)N(C)C1CC1.I. The first-order valence-corrected chi connectivity index (χ1v) is 9.08. The van der Waals surface area contributed by atoms with E-state index in [1.807, 2.05) is 7.05 Å². The third-order valence-electron chi connectivity index (χ3n) is 5.07. The number of guanidine groups is 1. The van der Waals surface area contributed by atoms with Crippen molar-refractivity contribution in [3.63, 3.8) is 0 Å². The van der Waals surface area contributed by atoms with Crippen molar-refractivity contribution in [1.29, 1.82) is 0 Å². The number of nitrogens with one attached hydrogen (secondary N) is 2. The summed E-state index contributed by atoms with van der Waals surface area (Å²) in [5.74, 6) is 1.94. The average Bonchev–Trinajstić information content (AvgIpc) is 3.34. The molecule has 1 aromatic carbocycles. The highest BCUT2D eigenvalue weighted by Crippen LogP contribution is 2.27. The van der Waals surface area contributed by atoms with Gasteiger partial charge in [0, 0.05) is 38.6 Å². The third kappa shape index (κ3) is 5.74. The van der Waals surface area contributed by atoms with Crippen LogP contribution in [0.25, 0.3) is 0 Å². The Morgan fingerprint density at radius 3 is 2.88 bits per heavy atom. The Morgan fingerprint density at radius 1 is 1.36 bits per heavy atom. The Labute approximate surface area is 168 Å². The molecule has 0 aromatic heterocycles. The smallest absolute Gasteiger partial charge is 0.191 e. The van der Waals surface area contributed by atoms with E-state index in [1.54, 1.807) is 0 Å². The van der Waals surface area contributed by atoms with Gasteiger partial charge in [0.1, 0.15) is 5.75 Å². The second-order valence-corrected chi connectivity index (χ2v) is 6.92. The van der Waals surface area contributed by atoms with Gasteiger partial charge in [0.05, 0.1) is 6.61 Å². The Morgan fingerprint density at radius 2 is 2.16 bits per heavy atom. The van der Waals surface area contributed by atoms with E-state index in [2.05, 4.69) is 52.7 Å². The van der Waals surface area contributed by atoms with Crippen LogP contribution in [0, 0.1) is 0 Å². The number of benzene rings is 1. The molecular formula is C19H31IN4O. The molecule has 0 bridgehead atoms. The molecule has 25 heavy (non-hydrogen) atoms. The minimum atomic E-state index is 0. The maximum atomic E-state index is 5.56. The number of halogens is 1. The van der Waals surface area contributed by atoms with Crippen LogP contribution < -0.4 is 15.4 Å². The van der Waals surface area contributed by atoms with Crippen LogP contribution in [0.3, 0.4) is 0 Å². The molecule has 6 heteroatoms. The van der Waals surface area contributed by atoms with Crippen molar-refractivity contribution >= 4 is 29.9 Å². The van der Waals surface area contributed by atoms with Gasteiger partial charge in [-0.05, 0) is 50.4 Å². The molecular weight excluding hydrogens is 427 g/mol. The maximum Gasteiger partial charge on any atom is 0.191 e. The monoisotopic (exact) mass is 458 g/mol. The number of hydrogen-bond acceptors (Lipinski definition) is 3. The minimum absolute atomic E-state index is 0. The molecule has 1 aliphatic heterocycles. The first kappa shape index (κ1) is 20.3. The van der Waals surface area contributed by atoms with Crippen LogP contribution in [0.1, 0.15) is 30.9 Å². The first-order valence-electron chi connectivity index (χ1n) is 9.08. The molecule has 3 rings (SSSR count). The fourth-order valence-corrected chi connectivity index (χ4v) is 3.17. The second-order valence-electron chi connectivity index (χ2n) is 6.92. The molecule has 2 aliphatic rings. The highest BCUT2D eigenvalue weighted by atomic mass is 127. The van der Waals surface area contributed by atoms with E-state index in [-0.39, 0.29) is 24.0 Å². The van der Waals surface area contributed by atoms with Crippen molar-refractivity contribution in [2.24, 2.45) is 4.99 Å². The summed E-state index contributed by atoms with van der Waals surface area (Å²) in [6.45, 7) is 4.89. The van der Waals surface area contributed by atoms with Gasteiger partial charge in [0.2, 0.25) is 0 Å². The molecule has 5 nitrogen and oxygen atoms in total. The lowest BCUT2D eigenvalue weighted by Crippen LogP contribution is -2.45. The van der Waals surface area contributed by atoms with Gasteiger partial charge in [0.25, 0.3) is 0 Å². The van der Waals surface area contributed by atoms with Gasteiger partial charge in [-0.15, -0.1) is 24.0 Å². The molecule has 0 amide bonds. The second kappa shape index (κ2) is 9.62. The largest absolute Gasteiger partial charge is 0.493 e. The zero-order chi connectivity index (χ0) is 16.9. The summed E-state index contributed by atoms with van der Waals surface area (Å²) in [4.78, 5) is 6.79. The van der Waals surface area contributed by atoms with Gasteiger partial charge in [-0.25, -0.2) is 0 Å². The van der Waals surface area contributed by atoms with Gasteiger partial charge in [-0.1, -0.05) is 12.1 Å². The van der Waals surface area contributed by atoms with E-state index in [1.165, 1.54) is 24.0 Å². The topological polar surface area (TPSA) is 48.9 Å². The van der Waals surface area contributed by atoms with Crippen molar-refractivity contribution in [2.45, 2.75) is 44.7 Å². The molecule has 1 heterocycles. The van der Waals surface area contributed by atoms with Crippen LogP contribution in [0.15, 0.2) is 23.2 Å². The summed E-state index contributed by atoms with van der Waals surface area (Å²) in [6, 6.07) is 7.84. The highest BCUT2D eigenvalue weighted by Gasteiger charge is 2.28. The van der Waals surface area contributed by atoms with Gasteiger partial charge < -0.3 is 15.4 Å². The summed E-state index contributed by atoms with van der Waals surface area (Å²) in [5, 5.41) is 6.85. The molecule has 1 atom stereocenters. The highest BCUT2D eigenvalue weighted by molar-refractivity contribution is 14.0. The standard InChI is InChI=1S/C19H30N4O.HI/c1-14(23(3)17-5-6-17)13-22-19(20-2)21-10-8-15-4-7-18-16(12-15)9-11-24-18;/h4,7,12,14,17H,5-6,8-11,13H2,1-3H3,(H2,20,21,22);1H. The predicted octanol–water partition coefficient (Wildman–Crippen LogP) is 2.43. The number of likely N-dealkylation sites (N-methyl/N-ethyl adjacent to an activating group) is 1. The Kier molecular flexibility index (Phi) is 7.81. The van der Waals surface area contributed by atoms with E-state index >= 15 is 0 Å². The molecule has 0 spiro atoms. The molecule has 0 radical (unpaired) electrons. The van der Waals surface area contributed by atoms with E-state index in [4.69, 9.17) is 4.74 Å². The fraction of sp³-hybridized carbons (Fsp3) is 0.632. The van der Waals surface area contributed by atoms with Gasteiger partial charge >= 0.3 is 0 Å². The van der Waals surface area contributed by atoms with Crippen molar-refractivity contribution in [1.82, 2.24) is 15.5 Å². The quantitative estimate of drug-likeness (QED) is 0.375. The summed E-state index contributed by atoms with van der Waals surface area (Å²) in [6.07, 6.45) is 4.72. The Balaban J connectivity index is 0.00000225. The maximum absolute atomic E-state index is 5.56. The number of aliphatic imine (C=N–C) groups is 1. The number of fused-ring (bicyclic) bond motifs is 1. The normalized spacial score (nSPS) is 17.5. The Bertz CT molecular complexity index is 589. The molecule has 140 valence electrons. The number of ether oxygens (including phenoxy) is 1. The minimum Gasteiger partial charge on any atom is -0.493 e. The van der Waals surface area contributed by atoms with Crippen molar-refractivity contribution in [3.8, 4) is 5.75 Å². The molecule has 2 N–H and O–H groups in total. The number of nitrogens with zero attached hydrogens (tertiary/aromatic N) is 2. The lowest BCUT2D eigenvalue weighted by molar-refractivity contribution is 0.247. The first-order chi connectivity index (χ1) is 11.7. The van der Waals surface area contributed by atoms with E-state index in [9.17, 15) is 0 Å². The summed E-state index contributed by atoms with van der Waals surface area (Å²) in [7, 11) is 4.05. The fourth-order valence-electron chi connectivity index (χ4n) is 3.17. The molecule has 1 aliphatic carbocycles. The van der Waals surface area contributed by atoms with Crippen LogP contribution in [-0.2, 0) is 12.8 Å². The lowest BCUT2D eigenvalue weighted by Gasteiger charge is -2.25. The van der Waals surface area contributed by atoms with Crippen LogP contribution in [0.5, 0.6) is 5.75 Å². The molecule has 1 saturated carbocycles. The van der Waals surface area contributed by atoms with Crippen molar-refractivity contribution < 1.29 is 4.74 Å². The number of hydrogen-bond donors (Lipinski definition) is 2. The number of rotatable bonds is 7. The summed E-state index contributed by atoms with van der Waals surface area (Å²) >= 11 is 0. The van der Waals surface area contributed by atoms with Crippen LogP contribution in [-0.4, -0.2) is 56.7 Å². The molecule has 1 aromatic rings. The van der Waals surface area contributed by atoms with E-state index in [0.717, 1.165) is 50.3 Å². The van der Waals surface area contributed by atoms with Gasteiger partial charge in [-0.2, -0.15) is 0 Å². The van der Waals surface area contributed by atoms with Gasteiger partial charge in [-0.3, -0.25) is 9.89 Å². The zero-order valence-electron chi connectivity index (χ0n) is 15.5. The molecule has 0 saturated heterocycles. The zero-order valence-corrected chi connectivity index (χ0v) is 17.9. The van der Waals surface area contributed by atoms with Crippen molar-refractivity contribution in [3.05, 3.63) is 29.3 Å². The summed E-state index contributed by atoms with van der Waals surface area (Å²) in [5.41, 5.74) is 2.69. The van der Waals surface area contributed by atoms with Crippen molar-refractivity contribution in [2.75, 3.05) is 33.8 Å². The van der Waals surface area contributed by atoms with Crippen LogP contribution in [0.2, 0.25) is 0 Å². The van der Waals surface area contributed by atoms with Crippen LogP contribution >= 0.6 is 24.0 Å². The van der Waals surface area contributed by atoms with E-state index in [0.29, 0.717) is 6.04 Å².